The molecule has 0 aromatic carbocycles. The first-order valence-electron chi connectivity index (χ1n) is 5.61. The standard InChI is InChI=1S/C12H13FN2O2S/c1-8(16)18-7-9-4-12(17)15(6-9)11-2-3-14-5-10(11)13/h2-3,5,9H,4,6-7H2,1H3. The Morgan fingerprint density at radius 1 is 1.67 bits per heavy atom. The van der Waals surface area contributed by atoms with Gasteiger partial charge in [0, 0.05) is 31.8 Å². The van der Waals surface area contributed by atoms with Crippen molar-refractivity contribution in [1.29, 1.82) is 0 Å². The fraction of sp³-hybridized carbons (Fsp3) is 0.417. The van der Waals surface area contributed by atoms with Crippen LogP contribution in [0.5, 0.6) is 0 Å². The summed E-state index contributed by atoms with van der Waals surface area (Å²) >= 11 is 1.21. The molecule has 0 radical (unpaired) electrons. The monoisotopic (exact) mass is 268 g/mol. The minimum absolute atomic E-state index is 0.0380. The van der Waals surface area contributed by atoms with E-state index in [9.17, 15) is 14.0 Å². The van der Waals surface area contributed by atoms with Gasteiger partial charge in [-0.1, -0.05) is 11.8 Å². The van der Waals surface area contributed by atoms with Crippen molar-refractivity contribution in [3.8, 4) is 0 Å². The van der Waals surface area contributed by atoms with Gasteiger partial charge < -0.3 is 4.90 Å². The van der Waals surface area contributed by atoms with E-state index in [0.717, 1.165) is 6.20 Å². The molecule has 1 unspecified atom stereocenters. The summed E-state index contributed by atoms with van der Waals surface area (Å²) in [4.78, 5) is 27.8. The highest BCUT2D eigenvalue weighted by Gasteiger charge is 2.32. The molecule has 1 aromatic rings. The third-order valence-corrected chi connectivity index (χ3v) is 3.81. The minimum atomic E-state index is -0.495. The summed E-state index contributed by atoms with van der Waals surface area (Å²) in [6.07, 6.45) is 2.92. The van der Waals surface area contributed by atoms with Gasteiger partial charge in [0.25, 0.3) is 0 Å². The first-order valence-corrected chi connectivity index (χ1v) is 6.59. The number of carbonyl (C=O) groups is 2. The SMILES string of the molecule is CC(=O)SCC1CC(=O)N(c2ccncc2F)C1. The maximum Gasteiger partial charge on any atom is 0.227 e. The van der Waals surface area contributed by atoms with Crippen molar-refractivity contribution in [3.63, 3.8) is 0 Å². The van der Waals surface area contributed by atoms with Gasteiger partial charge in [-0.15, -0.1) is 0 Å². The Labute approximate surface area is 109 Å². The molecule has 2 heterocycles. The van der Waals surface area contributed by atoms with E-state index >= 15 is 0 Å². The van der Waals surface area contributed by atoms with Crippen molar-refractivity contribution >= 4 is 28.5 Å². The van der Waals surface area contributed by atoms with E-state index in [1.807, 2.05) is 0 Å². The number of thioether (sulfide) groups is 1. The number of amides is 1. The molecule has 0 saturated carbocycles. The zero-order valence-corrected chi connectivity index (χ0v) is 10.7. The van der Waals surface area contributed by atoms with Crippen LogP contribution in [0, 0.1) is 11.7 Å². The number of hydrogen-bond donors (Lipinski definition) is 0. The number of nitrogens with zero attached hydrogens (tertiary/aromatic N) is 2. The first kappa shape index (κ1) is 13.0. The lowest BCUT2D eigenvalue weighted by atomic mass is 10.1. The second-order valence-corrected chi connectivity index (χ2v) is 5.40. The van der Waals surface area contributed by atoms with Crippen LogP contribution in [0.15, 0.2) is 18.5 Å². The molecule has 4 nitrogen and oxygen atoms in total. The van der Waals surface area contributed by atoms with Gasteiger partial charge >= 0.3 is 0 Å². The fourth-order valence-electron chi connectivity index (χ4n) is 1.95. The lowest BCUT2D eigenvalue weighted by Gasteiger charge is -2.16. The van der Waals surface area contributed by atoms with Gasteiger partial charge in [0.2, 0.25) is 5.91 Å². The largest absolute Gasteiger partial charge is 0.309 e. The number of aromatic nitrogens is 1. The minimum Gasteiger partial charge on any atom is -0.309 e. The van der Waals surface area contributed by atoms with Crippen LogP contribution in [0.3, 0.4) is 0 Å². The van der Waals surface area contributed by atoms with E-state index in [0.29, 0.717) is 18.7 Å². The Hall–Kier alpha value is -1.43. The zero-order valence-electron chi connectivity index (χ0n) is 9.93. The highest BCUT2D eigenvalue weighted by atomic mass is 32.2. The summed E-state index contributed by atoms with van der Waals surface area (Å²) in [5, 5.41) is 0.0380. The van der Waals surface area contributed by atoms with Crippen LogP contribution in [0.1, 0.15) is 13.3 Å². The average molecular weight is 268 g/mol. The van der Waals surface area contributed by atoms with Gasteiger partial charge in [0.15, 0.2) is 10.9 Å². The number of pyridine rings is 1. The Bertz CT molecular complexity index is 481. The normalized spacial score (nSPS) is 19.3. The molecule has 0 bridgehead atoms. The van der Waals surface area contributed by atoms with Crippen LogP contribution in [0.25, 0.3) is 0 Å². The average Bonchev–Trinajstić information content (AvgIpc) is 2.69. The van der Waals surface area contributed by atoms with E-state index in [-0.39, 0.29) is 22.6 Å². The van der Waals surface area contributed by atoms with Crippen molar-refractivity contribution in [2.75, 3.05) is 17.2 Å². The molecule has 1 saturated heterocycles. The molecule has 0 N–H and O–H groups in total. The highest BCUT2D eigenvalue weighted by Crippen LogP contribution is 2.28. The fourth-order valence-corrected chi connectivity index (χ4v) is 2.64. The van der Waals surface area contributed by atoms with Crippen LogP contribution >= 0.6 is 11.8 Å². The molecule has 6 heteroatoms. The molecule has 96 valence electrons. The van der Waals surface area contributed by atoms with Crippen LogP contribution in [0.4, 0.5) is 10.1 Å². The number of anilines is 1. The molecule has 1 atom stereocenters. The Balaban J connectivity index is 2.06. The quantitative estimate of drug-likeness (QED) is 0.839. The summed E-state index contributed by atoms with van der Waals surface area (Å²) in [5.41, 5.74) is 0.269. The van der Waals surface area contributed by atoms with Crippen LogP contribution in [-0.4, -0.2) is 28.3 Å². The second kappa shape index (κ2) is 5.48. The lowest BCUT2D eigenvalue weighted by Crippen LogP contribution is -2.25. The van der Waals surface area contributed by atoms with Crippen molar-refractivity contribution in [1.82, 2.24) is 4.98 Å². The van der Waals surface area contributed by atoms with Gasteiger partial charge in [-0.3, -0.25) is 14.6 Å². The third-order valence-electron chi connectivity index (χ3n) is 2.77. The summed E-state index contributed by atoms with van der Waals surface area (Å²) in [7, 11) is 0. The molecule has 1 aromatic heterocycles. The van der Waals surface area contributed by atoms with E-state index in [2.05, 4.69) is 4.98 Å². The summed E-state index contributed by atoms with van der Waals surface area (Å²) in [6, 6.07) is 1.49. The summed E-state index contributed by atoms with van der Waals surface area (Å²) in [6.45, 7) is 1.96. The van der Waals surface area contributed by atoms with E-state index < -0.39 is 5.82 Å². The number of rotatable bonds is 3. The Morgan fingerprint density at radius 2 is 2.44 bits per heavy atom. The van der Waals surface area contributed by atoms with Gasteiger partial charge in [-0.05, 0) is 12.0 Å². The lowest BCUT2D eigenvalue weighted by molar-refractivity contribution is -0.117. The molecule has 1 aliphatic rings. The van der Waals surface area contributed by atoms with E-state index in [4.69, 9.17) is 0 Å². The topological polar surface area (TPSA) is 50.3 Å². The van der Waals surface area contributed by atoms with Gasteiger partial charge in [-0.2, -0.15) is 0 Å². The summed E-state index contributed by atoms with van der Waals surface area (Å²) in [5.74, 6) is 0.100. The maximum atomic E-state index is 13.5. The highest BCUT2D eigenvalue weighted by molar-refractivity contribution is 8.13. The smallest absolute Gasteiger partial charge is 0.227 e. The van der Waals surface area contributed by atoms with E-state index in [1.54, 1.807) is 0 Å². The van der Waals surface area contributed by atoms with Gasteiger partial charge in [0.05, 0.1) is 11.9 Å². The van der Waals surface area contributed by atoms with Gasteiger partial charge in [0.1, 0.15) is 0 Å². The zero-order chi connectivity index (χ0) is 13.1. The van der Waals surface area contributed by atoms with Crippen molar-refractivity contribution in [2.45, 2.75) is 13.3 Å². The number of halogens is 1. The first-order chi connectivity index (χ1) is 8.58. The van der Waals surface area contributed by atoms with Crippen LogP contribution < -0.4 is 4.90 Å². The maximum absolute atomic E-state index is 13.5. The van der Waals surface area contributed by atoms with Crippen molar-refractivity contribution in [2.24, 2.45) is 5.92 Å². The second-order valence-electron chi connectivity index (χ2n) is 4.20. The van der Waals surface area contributed by atoms with Gasteiger partial charge in [-0.25, -0.2) is 4.39 Å². The van der Waals surface area contributed by atoms with Crippen LogP contribution in [0.2, 0.25) is 0 Å². The summed E-state index contributed by atoms with van der Waals surface area (Å²) < 4.78 is 13.5. The number of hydrogen-bond acceptors (Lipinski definition) is 4. The van der Waals surface area contributed by atoms with Crippen molar-refractivity contribution in [3.05, 3.63) is 24.3 Å². The van der Waals surface area contributed by atoms with Crippen molar-refractivity contribution < 1.29 is 14.0 Å². The number of carbonyl (C=O) groups excluding carboxylic acids is 2. The van der Waals surface area contributed by atoms with Crippen LogP contribution in [-0.2, 0) is 9.59 Å². The predicted octanol–water partition coefficient (Wildman–Crippen LogP) is 1.85. The molecule has 1 aliphatic heterocycles. The Morgan fingerprint density at radius 3 is 3.11 bits per heavy atom. The third kappa shape index (κ3) is 2.87. The molecule has 1 fully saturated rings. The molecular formula is C12H13FN2O2S. The van der Waals surface area contributed by atoms with E-state index in [1.165, 1.54) is 35.8 Å². The molecule has 18 heavy (non-hydrogen) atoms. The Kier molecular flexibility index (Phi) is 3.96. The molecular weight excluding hydrogens is 255 g/mol. The molecule has 2 rings (SSSR count). The predicted molar refractivity (Wildman–Crippen MR) is 67.8 cm³/mol. The molecule has 0 aliphatic carbocycles. The molecule has 0 spiro atoms. The molecule has 1 amide bonds.